The maximum Gasteiger partial charge on any atom is 0.258 e. The fourth-order valence-corrected chi connectivity index (χ4v) is 2.70. The van der Waals surface area contributed by atoms with Crippen LogP contribution in [-0.2, 0) is 4.79 Å². The molecule has 5 heteroatoms. The molecule has 0 spiro atoms. The van der Waals surface area contributed by atoms with Gasteiger partial charge in [0.25, 0.3) is 5.91 Å². The van der Waals surface area contributed by atoms with Gasteiger partial charge in [-0.3, -0.25) is 4.79 Å². The smallest absolute Gasteiger partial charge is 0.258 e. The maximum atomic E-state index is 12.2. The summed E-state index contributed by atoms with van der Waals surface area (Å²) in [5.41, 5.74) is 3.05. The summed E-state index contributed by atoms with van der Waals surface area (Å²) in [7, 11) is 3.20. The molecule has 0 aliphatic heterocycles. The van der Waals surface area contributed by atoms with E-state index in [0.29, 0.717) is 17.2 Å². The third-order valence-corrected chi connectivity index (χ3v) is 3.85. The molecule has 0 fully saturated rings. The summed E-state index contributed by atoms with van der Waals surface area (Å²) in [4.78, 5) is 12.2. The van der Waals surface area contributed by atoms with Crippen molar-refractivity contribution < 1.29 is 19.0 Å². The molecular formula is C20H25NO4. The van der Waals surface area contributed by atoms with Crippen LogP contribution in [0.1, 0.15) is 29.7 Å². The molecule has 0 aliphatic rings. The highest BCUT2D eigenvalue weighted by Crippen LogP contribution is 2.29. The lowest BCUT2D eigenvalue weighted by atomic mass is 10.1. The SMILES string of the molecule is COc1ccc(OC)c([C@H](C)NC(=O)COc2cc(C)cc(C)c2)c1. The topological polar surface area (TPSA) is 56.8 Å². The van der Waals surface area contributed by atoms with Gasteiger partial charge in [0.05, 0.1) is 20.3 Å². The third-order valence-electron chi connectivity index (χ3n) is 3.85. The summed E-state index contributed by atoms with van der Waals surface area (Å²) < 4.78 is 16.2. The van der Waals surface area contributed by atoms with Crippen molar-refractivity contribution in [1.29, 1.82) is 0 Å². The minimum Gasteiger partial charge on any atom is -0.497 e. The van der Waals surface area contributed by atoms with E-state index in [0.717, 1.165) is 16.7 Å². The fourth-order valence-electron chi connectivity index (χ4n) is 2.70. The van der Waals surface area contributed by atoms with Crippen LogP contribution >= 0.6 is 0 Å². The van der Waals surface area contributed by atoms with Gasteiger partial charge in [-0.2, -0.15) is 0 Å². The van der Waals surface area contributed by atoms with Crippen molar-refractivity contribution in [1.82, 2.24) is 5.32 Å². The molecule has 0 aliphatic carbocycles. The van der Waals surface area contributed by atoms with Crippen LogP contribution in [0.15, 0.2) is 36.4 Å². The molecule has 1 amide bonds. The van der Waals surface area contributed by atoms with Crippen molar-refractivity contribution >= 4 is 5.91 Å². The molecule has 2 rings (SSSR count). The number of hydrogen-bond acceptors (Lipinski definition) is 4. The van der Waals surface area contributed by atoms with Gasteiger partial charge in [-0.25, -0.2) is 0 Å². The first-order chi connectivity index (χ1) is 11.9. The van der Waals surface area contributed by atoms with E-state index in [2.05, 4.69) is 11.4 Å². The highest BCUT2D eigenvalue weighted by molar-refractivity contribution is 5.78. The van der Waals surface area contributed by atoms with Crippen LogP contribution in [-0.4, -0.2) is 26.7 Å². The molecule has 0 bridgehead atoms. The molecule has 0 saturated carbocycles. The van der Waals surface area contributed by atoms with Gasteiger partial charge >= 0.3 is 0 Å². The lowest BCUT2D eigenvalue weighted by Crippen LogP contribution is -2.31. The van der Waals surface area contributed by atoms with Gasteiger partial charge in [0.15, 0.2) is 6.61 Å². The van der Waals surface area contributed by atoms with Gasteiger partial charge in [0.1, 0.15) is 17.2 Å². The number of benzene rings is 2. The first-order valence-corrected chi connectivity index (χ1v) is 8.15. The number of nitrogens with one attached hydrogen (secondary N) is 1. The van der Waals surface area contributed by atoms with Gasteiger partial charge in [-0.15, -0.1) is 0 Å². The molecule has 134 valence electrons. The Morgan fingerprint density at radius 2 is 1.68 bits per heavy atom. The first kappa shape index (κ1) is 18.6. The normalized spacial score (nSPS) is 11.6. The minimum absolute atomic E-state index is 0.0421. The zero-order valence-electron chi connectivity index (χ0n) is 15.4. The standard InChI is InChI=1S/C20H25NO4/c1-13-8-14(2)10-17(9-13)25-12-20(22)21-15(3)18-11-16(23-4)6-7-19(18)24-5/h6-11,15H,12H2,1-5H3,(H,21,22)/t15-/m0/s1. The molecule has 2 aromatic rings. The second kappa shape index (κ2) is 8.42. The van der Waals surface area contributed by atoms with E-state index >= 15 is 0 Å². The average Bonchev–Trinajstić information content (AvgIpc) is 2.58. The average molecular weight is 343 g/mol. The number of amides is 1. The molecular weight excluding hydrogens is 318 g/mol. The summed E-state index contributed by atoms with van der Waals surface area (Å²) in [5.74, 6) is 1.91. The van der Waals surface area contributed by atoms with Crippen molar-refractivity contribution in [2.75, 3.05) is 20.8 Å². The molecule has 0 unspecified atom stereocenters. The summed E-state index contributed by atoms with van der Waals surface area (Å²) in [6.07, 6.45) is 0. The molecule has 0 heterocycles. The zero-order valence-corrected chi connectivity index (χ0v) is 15.4. The highest BCUT2D eigenvalue weighted by Gasteiger charge is 2.15. The molecule has 1 atom stereocenters. The van der Waals surface area contributed by atoms with E-state index in [4.69, 9.17) is 14.2 Å². The van der Waals surface area contributed by atoms with Crippen LogP contribution in [0.25, 0.3) is 0 Å². The predicted octanol–water partition coefficient (Wildman–Crippen LogP) is 3.58. The van der Waals surface area contributed by atoms with E-state index in [1.807, 2.05) is 51.1 Å². The fraction of sp³-hybridized carbons (Fsp3) is 0.350. The van der Waals surface area contributed by atoms with Crippen molar-refractivity contribution in [2.45, 2.75) is 26.8 Å². The Morgan fingerprint density at radius 1 is 1.00 bits per heavy atom. The Morgan fingerprint density at radius 3 is 2.28 bits per heavy atom. The van der Waals surface area contributed by atoms with E-state index in [1.54, 1.807) is 14.2 Å². The lowest BCUT2D eigenvalue weighted by molar-refractivity contribution is -0.123. The van der Waals surface area contributed by atoms with Gasteiger partial charge < -0.3 is 19.5 Å². The second-order valence-corrected chi connectivity index (χ2v) is 6.01. The number of aryl methyl sites for hydroxylation is 2. The predicted molar refractivity (Wildman–Crippen MR) is 97.5 cm³/mol. The first-order valence-electron chi connectivity index (χ1n) is 8.15. The van der Waals surface area contributed by atoms with Gasteiger partial charge in [0, 0.05) is 5.56 Å². The van der Waals surface area contributed by atoms with E-state index in [-0.39, 0.29) is 18.6 Å². The Balaban J connectivity index is 2.00. The summed E-state index contributed by atoms with van der Waals surface area (Å²) in [5, 5.41) is 2.92. The monoisotopic (exact) mass is 343 g/mol. The van der Waals surface area contributed by atoms with E-state index in [1.165, 1.54) is 0 Å². The highest BCUT2D eigenvalue weighted by atomic mass is 16.5. The number of carbonyl (C=O) groups excluding carboxylic acids is 1. The van der Waals surface area contributed by atoms with Crippen LogP contribution in [0.3, 0.4) is 0 Å². The minimum atomic E-state index is -0.236. The Bertz CT molecular complexity index is 722. The molecule has 5 nitrogen and oxygen atoms in total. The molecule has 1 N–H and O–H groups in total. The van der Waals surface area contributed by atoms with Gasteiger partial charge in [-0.05, 0) is 62.2 Å². The quantitative estimate of drug-likeness (QED) is 0.835. The number of rotatable bonds is 7. The maximum absolute atomic E-state index is 12.2. The van der Waals surface area contributed by atoms with Crippen molar-refractivity contribution in [2.24, 2.45) is 0 Å². The molecule has 2 aromatic carbocycles. The number of methoxy groups -OCH3 is 2. The second-order valence-electron chi connectivity index (χ2n) is 6.01. The third kappa shape index (κ3) is 5.14. The van der Waals surface area contributed by atoms with Crippen molar-refractivity contribution in [3.05, 3.63) is 53.1 Å². The van der Waals surface area contributed by atoms with Crippen LogP contribution in [0.4, 0.5) is 0 Å². The van der Waals surface area contributed by atoms with E-state index < -0.39 is 0 Å². The molecule has 0 radical (unpaired) electrons. The van der Waals surface area contributed by atoms with Crippen LogP contribution in [0.5, 0.6) is 17.2 Å². The summed E-state index contributed by atoms with van der Waals surface area (Å²) >= 11 is 0. The lowest BCUT2D eigenvalue weighted by Gasteiger charge is -2.18. The van der Waals surface area contributed by atoms with Crippen molar-refractivity contribution in [3.8, 4) is 17.2 Å². The zero-order chi connectivity index (χ0) is 18.4. The van der Waals surface area contributed by atoms with Crippen LogP contribution in [0, 0.1) is 13.8 Å². The van der Waals surface area contributed by atoms with E-state index in [9.17, 15) is 4.79 Å². The van der Waals surface area contributed by atoms with Crippen molar-refractivity contribution in [3.63, 3.8) is 0 Å². The van der Waals surface area contributed by atoms with Crippen LogP contribution < -0.4 is 19.5 Å². The Labute approximate surface area is 148 Å². The van der Waals surface area contributed by atoms with Crippen LogP contribution in [0.2, 0.25) is 0 Å². The molecule has 25 heavy (non-hydrogen) atoms. The van der Waals surface area contributed by atoms with Gasteiger partial charge in [-0.1, -0.05) is 6.07 Å². The summed E-state index contributed by atoms with van der Waals surface area (Å²) in [6.45, 7) is 5.85. The summed E-state index contributed by atoms with van der Waals surface area (Å²) in [6, 6.07) is 11.1. The number of carbonyl (C=O) groups is 1. The largest absolute Gasteiger partial charge is 0.497 e. The molecule has 0 saturated heterocycles. The molecule has 0 aromatic heterocycles. The number of ether oxygens (including phenoxy) is 3. The Kier molecular flexibility index (Phi) is 6.28. The van der Waals surface area contributed by atoms with Gasteiger partial charge in [0.2, 0.25) is 0 Å². The number of hydrogen-bond donors (Lipinski definition) is 1. The Hall–Kier alpha value is -2.69.